The molecule has 0 N–H and O–H groups in total. The van der Waals surface area contributed by atoms with Gasteiger partial charge in [-0.15, -0.1) is 0 Å². The maximum atomic E-state index is 2.69. The molecule has 0 spiro atoms. The Kier molecular flexibility index (Phi) is 3.76. The molecule has 0 unspecified atom stereocenters. The van der Waals surface area contributed by atoms with Gasteiger partial charge in [-0.05, 0) is 32.0 Å². The van der Waals surface area contributed by atoms with Crippen LogP contribution in [0.4, 0.5) is 5.69 Å². The first-order chi connectivity index (χ1) is 9.24. The average Bonchev–Trinajstić information content (AvgIpc) is 2.40. The van der Waals surface area contributed by atoms with Crippen LogP contribution in [0.25, 0.3) is 0 Å². The summed E-state index contributed by atoms with van der Waals surface area (Å²) in [6.07, 6.45) is 2.66. The highest BCUT2D eigenvalue weighted by atomic mass is 15.3. The van der Waals surface area contributed by atoms with Gasteiger partial charge in [0, 0.05) is 51.0 Å². The second-order valence-electron chi connectivity index (χ2n) is 6.06. The zero-order chi connectivity index (χ0) is 13.2. The number of para-hydroxylation sites is 1. The average molecular weight is 259 g/mol. The molecule has 0 bridgehead atoms. The van der Waals surface area contributed by atoms with Crippen LogP contribution in [0.2, 0.25) is 0 Å². The molecule has 3 rings (SSSR count). The molecule has 0 atom stereocenters. The van der Waals surface area contributed by atoms with Crippen LogP contribution in [-0.4, -0.2) is 62.2 Å². The van der Waals surface area contributed by atoms with E-state index >= 15 is 0 Å². The number of hydrogen-bond donors (Lipinski definition) is 0. The monoisotopic (exact) mass is 259 g/mol. The summed E-state index contributed by atoms with van der Waals surface area (Å²) in [5.41, 5.74) is 1.35. The number of nitrogens with zero attached hydrogens (tertiary/aromatic N) is 3. The van der Waals surface area contributed by atoms with Gasteiger partial charge in [0.2, 0.25) is 0 Å². The van der Waals surface area contributed by atoms with Crippen molar-refractivity contribution < 1.29 is 0 Å². The van der Waals surface area contributed by atoms with E-state index in [0.717, 1.165) is 12.1 Å². The summed E-state index contributed by atoms with van der Waals surface area (Å²) in [4.78, 5) is 7.57. The summed E-state index contributed by atoms with van der Waals surface area (Å²) >= 11 is 0. The molecule has 1 saturated carbocycles. The van der Waals surface area contributed by atoms with Crippen LogP contribution >= 0.6 is 0 Å². The van der Waals surface area contributed by atoms with Gasteiger partial charge in [-0.25, -0.2) is 0 Å². The molecule has 3 nitrogen and oxygen atoms in total. The van der Waals surface area contributed by atoms with E-state index < -0.39 is 0 Å². The Morgan fingerprint density at radius 3 is 2.26 bits per heavy atom. The molecule has 1 aromatic rings. The van der Waals surface area contributed by atoms with Crippen molar-refractivity contribution in [3.8, 4) is 0 Å². The molecule has 19 heavy (non-hydrogen) atoms. The number of hydrogen-bond acceptors (Lipinski definition) is 3. The van der Waals surface area contributed by atoms with Crippen LogP contribution in [0.3, 0.4) is 0 Å². The van der Waals surface area contributed by atoms with E-state index in [1.807, 2.05) is 0 Å². The van der Waals surface area contributed by atoms with E-state index in [0.29, 0.717) is 0 Å². The van der Waals surface area contributed by atoms with Gasteiger partial charge < -0.3 is 9.80 Å². The fraction of sp³-hybridized carbons (Fsp3) is 0.625. The predicted octanol–water partition coefficient (Wildman–Crippen LogP) is 1.90. The standard InChI is InChI=1S/C16H25N3/c1-17-8-10-19(11-9-17)16-12-15(13-16)18(2)14-6-4-3-5-7-14/h3-7,15-16H,8-13H2,1-2H3. The number of anilines is 1. The van der Waals surface area contributed by atoms with E-state index in [1.54, 1.807) is 0 Å². The fourth-order valence-corrected chi connectivity index (χ4v) is 3.23. The van der Waals surface area contributed by atoms with Gasteiger partial charge in [-0.2, -0.15) is 0 Å². The van der Waals surface area contributed by atoms with Gasteiger partial charge in [-0.3, -0.25) is 4.90 Å². The molecule has 1 aliphatic heterocycles. The van der Waals surface area contributed by atoms with Crippen molar-refractivity contribution in [2.24, 2.45) is 0 Å². The molecule has 2 aliphatic rings. The maximum absolute atomic E-state index is 2.69. The maximum Gasteiger partial charge on any atom is 0.0366 e. The van der Waals surface area contributed by atoms with Gasteiger partial charge in [0.25, 0.3) is 0 Å². The summed E-state index contributed by atoms with van der Waals surface area (Å²) in [6, 6.07) is 12.3. The Hall–Kier alpha value is -1.06. The first-order valence-corrected chi connectivity index (χ1v) is 7.44. The van der Waals surface area contributed by atoms with Crippen molar-refractivity contribution in [3.05, 3.63) is 30.3 Å². The van der Waals surface area contributed by atoms with Gasteiger partial charge in [-0.1, -0.05) is 18.2 Å². The minimum absolute atomic E-state index is 0.729. The van der Waals surface area contributed by atoms with Gasteiger partial charge in [0.1, 0.15) is 0 Å². The zero-order valence-corrected chi connectivity index (χ0v) is 12.1. The summed E-state index contributed by atoms with van der Waals surface area (Å²) in [7, 11) is 4.46. The molecule has 3 heteroatoms. The van der Waals surface area contributed by atoms with Gasteiger partial charge in [0.15, 0.2) is 0 Å². The third kappa shape index (κ3) is 2.77. The molecular weight excluding hydrogens is 234 g/mol. The topological polar surface area (TPSA) is 9.72 Å². The van der Waals surface area contributed by atoms with Crippen LogP contribution in [-0.2, 0) is 0 Å². The Morgan fingerprint density at radius 1 is 1.00 bits per heavy atom. The third-order valence-electron chi connectivity index (χ3n) is 4.85. The summed E-state index contributed by atoms with van der Waals surface area (Å²) in [6.45, 7) is 4.97. The van der Waals surface area contributed by atoms with E-state index in [9.17, 15) is 0 Å². The first kappa shape index (κ1) is 12.9. The van der Waals surface area contributed by atoms with Crippen LogP contribution in [0, 0.1) is 0 Å². The van der Waals surface area contributed by atoms with Gasteiger partial charge >= 0.3 is 0 Å². The fourth-order valence-electron chi connectivity index (χ4n) is 3.23. The zero-order valence-electron chi connectivity index (χ0n) is 12.1. The lowest BCUT2D eigenvalue weighted by atomic mass is 9.84. The molecule has 0 radical (unpaired) electrons. The highest BCUT2D eigenvalue weighted by Crippen LogP contribution is 2.32. The Balaban J connectivity index is 1.50. The van der Waals surface area contributed by atoms with Gasteiger partial charge in [0.05, 0.1) is 0 Å². The van der Waals surface area contributed by atoms with Crippen molar-refractivity contribution >= 4 is 5.69 Å². The highest BCUT2D eigenvalue weighted by Gasteiger charge is 2.36. The normalized spacial score (nSPS) is 28.9. The Morgan fingerprint density at radius 2 is 1.63 bits per heavy atom. The largest absolute Gasteiger partial charge is 0.371 e. The summed E-state index contributed by atoms with van der Waals surface area (Å²) in [5, 5.41) is 0. The Labute approximate surface area is 116 Å². The molecule has 0 aromatic heterocycles. The Bertz CT molecular complexity index is 392. The lowest BCUT2D eigenvalue weighted by molar-refractivity contribution is 0.0608. The van der Waals surface area contributed by atoms with Crippen molar-refractivity contribution in [1.82, 2.24) is 9.80 Å². The third-order valence-corrected chi connectivity index (χ3v) is 4.85. The second kappa shape index (κ2) is 5.51. The van der Waals surface area contributed by atoms with E-state index in [2.05, 4.69) is 59.1 Å². The highest BCUT2D eigenvalue weighted by molar-refractivity contribution is 5.46. The molecule has 1 heterocycles. The quantitative estimate of drug-likeness (QED) is 0.821. The van der Waals surface area contributed by atoms with Crippen molar-refractivity contribution in [2.75, 3.05) is 45.2 Å². The number of likely N-dealkylation sites (N-methyl/N-ethyl adjacent to an activating group) is 1. The second-order valence-corrected chi connectivity index (χ2v) is 6.06. The molecule has 2 fully saturated rings. The van der Waals surface area contributed by atoms with Crippen molar-refractivity contribution in [2.45, 2.75) is 24.9 Å². The molecular formula is C16H25N3. The predicted molar refractivity (Wildman–Crippen MR) is 80.7 cm³/mol. The van der Waals surface area contributed by atoms with Crippen LogP contribution in [0.1, 0.15) is 12.8 Å². The van der Waals surface area contributed by atoms with Crippen LogP contribution in [0.5, 0.6) is 0 Å². The molecule has 1 aromatic carbocycles. The van der Waals surface area contributed by atoms with Crippen molar-refractivity contribution in [3.63, 3.8) is 0 Å². The molecule has 1 saturated heterocycles. The lowest BCUT2D eigenvalue weighted by Crippen LogP contribution is -2.57. The smallest absolute Gasteiger partial charge is 0.0366 e. The van der Waals surface area contributed by atoms with E-state index in [4.69, 9.17) is 0 Å². The first-order valence-electron chi connectivity index (χ1n) is 7.44. The van der Waals surface area contributed by atoms with E-state index in [1.165, 1.54) is 44.7 Å². The number of benzene rings is 1. The molecule has 1 aliphatic carbocycles. The summed E-state index contributed by atoms with van der Waals surface area (Å²) < 4.78 is 0. The minimum atomic E-state index is 0.729. The van der Waals surface area contributed by atoms with Crippen molar-refractivity contribution in [1.29, 1.82) is 0 Å². The number of rotatable bonds is 3. The molecule has 104 valence electrons. The minimum Gasteiger partial charge on any atom is -0.371 e. The van der Waals surface area contributed by atoms with Crippen LogP contribution < -0.4 is 4.90 Å². The number of piperazine rings is 1. The molecule has 0 amide bonds. The van der Waals surface area contributed by atoms with E-state index in [-0.39, 0.29) is 0 Å². The summed E-state index contributed by atoms with van der Waals surface area (Å²) in [5.74, 6) is 0. The SMILES string of the molecule is CN1CCN(C2CC(N(C)c3ccccc3)C2)CC1. The lowest BCUT2D eigenvalue weighted by Gasteiger charge is -2.49. The van der Waals surface area contributed by atoms with Crippen LogP contribution in [0.15, 0.2) is 30.3 Å².